The number of benzene rings is 1. The van der Waals surface area contributed by atoms with E-state index >= 15 is 0 Å². The topological polar surface area (TPSA) is 116 Å². The van der Waals surface area contributed by atoms with Gasteiger partial charge in [0.2, 0.25) is 10.0 Å². The van der Waals surface area contributed by atoms with E-state index in [1.165, 1.54) is 24.3 Å². The highest BCUT2D eigenvalue weighted by Crippen LogP contribution is 2.34. The van der Waals surface area contributed by atoms with Crippen LogP contribution >= 0.6 is 0 Å². The molecule has 0 radical (unpaired) electrons. The summed E-state index contributed by atoms with van der Waals surface area (Å²) in [6, 6.07) is 5.48. The summed E-state index contributed by atoms with van der Waals surface area (Å²) in [4.78, 5) is 24.3. The number of amides is 1. The van der Waals surface area contributed by atoms with Gasteiger partial charge in [0.05, 0.1) is 10.8 Å². The number of hydrogen-bond donors (Lipinski definition) is 2. The molecule has 1 aliphatic rings. The SMILES string of the molecule is CCCC[C@@H]1C[C@](C)(C(=O)Nc2ccc(S(N)(=O)=O)cc2)OC1=O. The maximum atomic E-state index is 12.5. The van der Waals surface area contributed by atoms with Gasteiger partial charge < -0.3 is 10.1 Å². The molecule has 1 aromatic rings. The van der Waals surface area contributed by atoms with Gasteiger partial charge in [0.25, 0.3) is 5.91 Å². The Morgan fingerprint density at radius 1 is 1.38 bits per heavy atom. The van der Waals surface area contributed by atoms with Gasteiger partial charge in [0, 0.05) is 12.1 Å². The molecule has 1 heterocycles. The van der Waals surface area contributed by atoms with Gasteiger partial charge >= 0.3 is 5.97 Å². The minimum atomic E-state index is -3.78. The first-order valence-corrected chi connectivity index (χ1v) is 9.37. The lowest BCUT2D eigenvalue weighted by Gasteiger charge is -2.21. The van der Waals surface area contributed by atoms with E-state index in [1.807, 2.05) is 6.92 Å². The van der Waals surface area contributed by atoms with Crippen LogP contribution in [-0.2, 0) is 24.3 Å². The zero-order valence-corrected chi connectivity index (χ0v) is 14.6. The van der Waals surface area contributed by atoms with Crippen molar-refractivity contribution in [3.05, 3.63) is 24.3 Å². The first-order valence-electron chi connectivity index (χ1n) is 7.83. The molecule has 2 atom stereocenters. The second-order valence-corrected chi connectivity index (χ2v) is 7.78. The third kappa shape index (κ3) is 4.12. The molecule has 1 amide bonds. The van der Waals surface area contributed by atoms with Gasteiger partial charge in [0.15, 0.2) is 5.60 Å². The smallest absolute Gasteiger partial charge is 0.310 e. The van der Waals surface area contributed by atoms with Crippen LogP contribution in [-0.4, -0.2) is 25.9 Å². The van der Waals surface area contributed by atoms with Crippen molar-refractivity contribution in [3.8, 4) is 0 Å². The van der Waals surface area contributed by atoms with Gasteiger partial charge in [-0.2, -0.15) is 0 Å². The second kappa shape index (κ2) is 6.90. The van der Waals surface area contributed by atoms with E-state index in [9.17, 15) is 18.0 Å². The molecule has 1 aromatic carbocycles. The van der Waals surface area contributed by atoms with Gasteiger partial charge in [-0.05, 0) is 37.6 Å². The van der Waals surface area contributed by atoms with Gasteiger partial charge in [-0.25, -0.2) is 13.6 Å². The number of cyclic esters (lactones) is 1. The molecule has 1 fully saturated rings. The molecule has 0 saturated carbocycles. The average molecular weight is 354 g/mol. The molecule has 0 spiro atoms. The van der Waals surface area contributed by atoms with Crippen LogP contribution < -0.4 is 10.5 Å². The van der Waals surface area contributed by atoms with Crippen LogP contribution in [0.25, 0.3) is 0 Å². The van der Waals surface area contributed by atoms with Gasteiger partial charge in [-0.3, -0.25) is 9.59 Å². The highest BCUT2D eigenvalue weighted by molar-refractivity contribution is 7.89. The molecular formula is C16H22N2O5S. The molecule has 1 saturated heterocycles. The number of carbonyl (C=O) groups is 2. The van der Waals surface area contributed by atoms with Crippen molar-refractivity contribution in [2.75, 3.05) is 5.32 Å². The number of anilines is 1. The number of unbranched alkanes of at least 4 members (excludes halogenated alkanes) is 1. The van der Waals surface area contributed by atoms with E-state index < -0.39 is 21.5 Å². The van der Waals surface area contributed by atoms with Gasteiger partial charge in [0.1, 0.15) is 0 Å². The number of carbonyl (C=O) groups excluding carboxylic acids is 2. The molecule has 1 aliphatic heterocycles. The Morgan fingerprint density at radius 3 is 2.54 bits per heavy atom. The summed E-state index contributed by atoms with van der Waals surface area (Å²) in [7, 11) is -3.78. The number of rotatable bonds is 6. The second-order valence-electron chi connectivity index (χ2n) is 6.22. The molecule has 132 valence electrons. The first-order chi connectivity index (χ1) is 11.2. The van der Waals surface area contributed by atoms with Crippen LogP contribution in [0, 0.1) is 5.92 Å². The van der Waals surface area contributed by atoms with Crippen molar-refractivity contribution in [1.29, 1.82) is 0 Å². The van der Waals surface area contributed by atoms with Gasteiger partial charge in [-0.1, -0.05) is 19.8 Å². The molecule has 8 heteroatoms. The van der Waals surface area contributed by atoms with E-state index in [2.05, 4.69) is 5.32 Å². The minimum absolute atomic E-state index is 0.0429. The monoisotopic (exact) mass is 354 g/mol. The summed E-state index contributed by atoms with van der Waals surface area (Å²) >= 11 is 0. The van der Waals surface area contributed by atoms with Crippen molar-refractivity contribution >= 4 is 27.6 Å². The van der Waals surface area contributed by atoms with Crippen LogP contribution in [0.3, 0.4) is 0 Å². The standard InChI is InChI=1S/C16H22N2O5S/c1-3-4-5-11-10-16(2,23-14(11)19)15(20)18-12-6-8-13(9-7-12)24(17,21)22/h6-9,11H,3-5,10H2,1-2H3,(H,18,20)(H2,17,21,22)/t11-,16-/m1/s1. The molecule has 2 rings (SSSR count). The summed E-state index contributed by atoms with van der Waals surface area (Å²) in [5.74, 6) is -1.03. The molecule has 7 nitrogen and oxygen atoms in total. The minimum Gasteiger partial charge on any atom is -0.449 e. The normalized spacial score (nSPS) is 23.8. The average Bonchev–Trinajstić information content (AvgIpc) is 2.80. The van der Waals surface area contributed by atoms with E-state index in [-0.39, 0.29) is 16.8 Å². The third-order valence-electron chi connectivity index (χ3n) is 4.12. The Balaban J connectivity index is 2.05. The van der Waals surface area contributed by atoms with E-state index in [0.717, 1.165) is 12.8 Å². The fourth-order valence-corrected chi connectivity index (χ4v) is 3.22. The number of ether oxygens (including phenoxy) is 1. The Bertz CT molecular complexity index is 729. The Labute approximate surface area is 141 Å². The Kier molecular flexibility index (Phi) is 5.29. The number of esters is 1. The first kappa shape index (κ1) is 18.4. The molecule has 0 bridgehead atoms. The van der Waals surface area contributed by atoms with Crippen molar-refractivity contribution in [2.45, 2.75) is 50.0 Å². The van der Waals surface area contributed by atoms with E-state index in [4.69, 9.17) is 9.88 Å². The van der Waals surface area contributed by atoms with Crippen LogP contribution in [0.15, 0.2) is 29.2 Å². The number of sulfonamides is 1. The largest absolute Gasteiger partial charge is 0.449 e. The highest BCUT2D eigenvalue weighted by Gasteiger charge is 2.48. The lowest BCUT2D eigenvalue weighted by atomic mass is 9.91. The third-order valence-corrected chi connectivity index (χ3v) is 5.05. The quantitative estimate of drug-likeness (QED) is 0.756. The summed E-state index contributed by atoms with van der Waals surface area (Å²) in [5, 5.41) is 7.67. The summed E-state index contributed by atoms with van der Waals surface area (Å²) in [6.07, 6.45) is 2.93. The number of primary sulfonamides is 1. The molecule has 0 aliphatic carbocycles. The number of nitrogens with two attached hydrogens (primary N) is 1. The number of hydrogen-bond acceptors (Lipinski definition) is 5. The van der Waals surface area contributed by atoms with E-state index in [0.29, 0.717) is 18.5 Å². The highest BCUT2D eigenvalue weighted by atomic mass is 32.2. The van der Waals surface area contributed by atoms with Crippen LogP contribution in [0.4, 0.5) is 5.69 Å². The summed E-state index contributed by atoms with van der Waals surface area (Å²) in [5.41, 5.74) is -0.810. The number of nitrogens with one attached hydrogen (secondary N) is 1. The van der Waals surface area contributed by atoms with Crippen molar-refractivity contribution < 1.29 is 22.7 Å². The summed E-state index contributed by atoms with van der Waals surface area (Å²) in [6.45, 7) is 3.63. The van der Waals surface area contributed by atoms with Crippen molar-refractivity contribution in [3.63, 3.8) is 0 Å². The lowest BCUT2D eigenvalue weighted by Crippen LogP contribution is -2.39. The zero-order chi connectivity index (χ0) is 18.0. The van der Waals surface area contributed by atoms with Crippen LogP contribution in [0.5, 0.6) is 0 Å². The molecule has 3 N–H and O–H groups in total. The predicted molar refractivity (Wildman–Crippen MR) is 88.6 cm³/mol. The van der Waals surface area contributed by atoms with Crippen LogP contribution in [0.2, 0.25) is 0 Å². The van der Waals surface area contributed by atoms with Crippen molar-refractivity contribution in [1.82, 2.24) is 0 Å². The molecule has 24 heavy (non-hydrogen) atoms. The van der Waals surface area contributed by atoms with Gasteiger partial charge in [-0.15, -0.1) is 0 Å². The van der Waals surface area contributed by atoms with Crippen LogP contribution in [0.1, 0.15) is 39.5 Å². The molecular weight excluding hydrogens is 332 g/mol. The maximum Gasteiger partial charge on any atom is 0.310 e. The summed E-state index contributed by atoms with van der Waals surface area (Å²) < 4.78 is 27.7. The Hall–Kier alpha value is -1.93. The maximum absolute atomic E-state index is 12.5. The molecule has 0 unspecified atom stereocenters. The fourth-order valence-electron chi connectivity index (χ4n) is 2.70. The fraction of sp³-hybridized carbons (Fsp3) is 0.500. The molecule has 0 aromatic heterocycles. The lowest BCUT2D eigenvalue weighted by molar-refractivity contribution is -0.155. The zero-order valence-electron chi connectivity index (χ0n) is 13.7. The van der Waals surface area contributed by atoms with Crippen molar-refractivity contribution in [2.24, 2.45) is 11.1 Å². The Morgan fingerprint density at radius 2 is 2.00 bits per heavy atom. The van der Waals surface area contributed by atoms with E-state index in [1.54, 1.807) is 6.92 Å². The predicted octanol–water partition coefficient (Wildman–Crippen LogP) is 1.78.